The first-order chi connectivity index (χ1) is 11.0. The number of non-ortho nitro benzene ring substituents is 1. The Hall–Kier alpha value is -3.49. The average Bonchev–Trinajstić information content (AvgIpc) is 3.11. The molecule has 9 nitrogen and oxygen atoms in total. The van der Waals surface area contributed by atoms with E-state index in [9.17, 15) is 19.7 Å². The van der Waals surface area contributed by atoms with Gasteiger partial charge in [0.05, 0.1) is 4.92 Å². The van der Waals surface area contributed by atoms with Crippen LogP contribution >= 0.6 is 0 Å². The first-order valence-electron chi connectivity index (χ1n) is 6.52. The summed E-state index contributed by atoms with van der Waals surface area (Å²) >= 11 is 0. The van der Waals surface area contributed by atoms with E-state index in [-0.39, 0.29) is 18.1 Å². The number of benzene rings is 1. The summed E-state index contributed by atoms with van der Waals surface area (Å²) in [5.74, 6) is 0.326. The van der Waals surface area contributed by atoms with Gasteiger partial charge in [-0.05, 0) is 18.2 Å². The number of furan rings is 1. The summed E-state index contributed by atoms with van der Waals surface area (Å²) in [7, 11) is 0. The lowest BCUT2D eigenvalue weighted by Gasteiger charge is -2.02. The number of nitrogens with one attached hydrogen (secondary N) is 1. The van der Waals surface area contributed by atoms with Crippen molar-refractivity contribution >= 4 is 29.8 Å². The minimum Gasteiger partial charge on any atom is -0.438 e. The smallest absolute Gasteiger partial charge is 0.329 e. The Morgan fingerprint density at radius 3 is 2.57 bits per heavy atom. The molecule has 0 atom stereocenters. The van der Waals surface area contributed by atoms with Crippen molar-refractivity contribution in [2.45, 2.75) is 0 Å². The van der Waals surface area contributed by atoms with E-state index in [0.717, 1.165) is 4.90 Å². The number of carbonyl (C=O) groups excluding carboxylic acids is 2. The van der Waals surface area contributed by atoms with Gasteiger partial charge in [0.2, 0.25) is 11.8 Å². The van der Waals surface area contributed by atoms with Crippen LogP contribution in [0.25, 0.3) is 11.3 Å². The minimum atomic E-state index is -0.541. The third-order valence-corrected chi connectivity index (χ3v) is 3.10. The van der Waals surface area contributed by atoms with Crippen molar-refractivity contribution in [3.63, 3.8) is 0 Å². The van der Waals surface area contributed by atoms with Crippen LogP contribution in [0.2, 0.25) is 0 Å². The summed E-state index contributed by atoms with van der Waals surface area (Å²) < 4.78 is 5.48. The first kappa shape index (κ1) is 14.4. The lowest BCUT2D eigenvalue weighted by molar-refractivity contribution is -0.384. The third kappa shape index (κ3) is 3.07. The SMILES string of the molecule is O=C1CN(C=Nc2ccc(-c3ccc([N+](=O)[O-])cc3)o2)C(=O)N1. The van der Waals surface area contributed by atoms with Crippen LogP contribution in [0.1, 0.15) is 0 Å². The van der Waals surface area contributed by atoms with Gasteiger partial charge in [-0.1, -0.05) is 0 Å². The van der Waals surface area contributed by atoms with Crippen LogP contribution in [-0.2, 0) is 4.79 Å². The van der Waals surface area contributed by atoms with Gasteiger partial charge in [-0.2, -0.15) is 0 Å². The summed E-state index contributed by atoms with van der Waals surface area (Å²) in [6.07, 6.45) is 1.21. The third-order valence-electron chi connectivity index (χ3n) is 3.10. The van der Waals surface area contributed by atoms with Gasteiger partial charge in [0.1, 0.15) is 18.6 Å². The van der Waals surface area contributed by atoms with Crippen LogP contribution < -0.4 is 5.32 Å². The number of nitro groups is 1. The summed E-state index contributed by atoms with van der Waals surface area (Å²) in [6, 6.07) is 8.59. The Morgan fingerprint density at radius 2 is 1.96 bits per heavy atom. The molecule has 9 heteroatoms. The van der Waals surface area contributed by atoms with Gasteiger partial charge >= 0.3 is 6.03 Å². The number of rotatable bonds is 4. The van der Waals surface area contributed by atoms with E-state index in [1.54, 1.807) is 24.3 Å². The molecule has 0 saturated carbocycles. The molecule has 0 radical (unpaired) electrons. The molecular weight excluding hydrogens is 304 g/mol. The largest absolute Gasteiger partial charge is 0.438 e. The molecular formula is C14H10N4O5. The Balaban J connectivity index is 1.74. The van der Waals surface area contributed by atoms with Gasteiger partial charge in [0.15, 0.2) is 0 Å². The Kier molecular flexibility index (Phi) is 3.59. The predicted molar refractivity (Wildman–Crippen MR) is 79.2 cm³/mol. The molecule has 1 aliphatic rings. The first-order valence-corrected chi connectivity index (χ1v) is 6.52. The molecule has 1 aliphatic heterocycles. The fourth-order valence-electron chi connectivity index (χ4n) is 1.98. The predicted octanol–water partition coefficient (Wildman–Crippen LogP) is 2.07. The van der Waals surface area contributed by atoms with Crippen LogP contribution in [0.5, 0.6) is 0 Å². The van der Waals surface area contributed by atoms with Gasteiger partial charge in [-0.25, -0.2) is 9.79 Å². The second-order valence-electron chi connectivity index (χ2n) is 4.67. The minimum absolute atomic E-state index is 0.0109. The highest BCUT2D eigenvalue weighted by Gasteiger charge is 2.25. The zero-order valence-electron chi connectivity index (χ0n) is 11.6. The lowest BCUT2D eigenvalue weighted by atomic mass is 10.1. The maximum absolute atomic E-state index is 11.3. The lowest BCUT2D eigenvalue weighted by Crippen LogP contribution is -2.26. The van der Waals surface area contributed by atoms with Crippen LogP contribution in [0.15, 0.2) is 45.8 Å². The van der Waals surface area contributed by atoms with Crippen molar-refractivity contribution in [1.82, 2.24) is 10.2 Å². The summed E-state index contributed by atoms with van der Waals surface area (Å²) in [5.41, 5.74) is 0.648. The Morgan fingerprint density at radius 1 is 1.22 bits per heavy atom. The van der Waals surface area contributed by atoms with Gasteiger partial charge in [-0.3, -0.25) is 25.1 Å². The molecule has 1 aromatic carbocycles. The molecule has 0 aliphatic carbocycles. The van der Waals surface area contributed by atoms with Gasteiger partial charge in [0, 0.05) is 23.8 Å². The topological polar surface area (TPSA) is 118 Å². The van der Waals surface area contributed by atoms with E-state index in [2.05, 4.69) is 10.3 Å². The van der Waals surface area contributed by atoms with E-state index < -0.39 is 16.9 Å². The van der Waals surface area contributed by atoms with Crippen molar-refractivity contribution in [3.05, 3.63) is 46.5 Å². The number of imide groups is 1. The van der Waals surface area contributed by atoms with Crippen LogP contribution in [0, 0.1) is 10.1 Å². The molecule has 3 rings (SSSR count). The van der Waals surface area contributed by atoms with Crippen LogP contribution in [0.3, 0.4) is 0 Å². The summed E-state index contributed by atoms with van der Waals surface area (Å²) in [4.78, 5) is 37.6. The van der Waals surface area contributed by atoms with Crippen molar-refractivity contribution in [1.29, 1.82) is 0 Å². The van der Waals surface area contributed by atoms with Crippen molar-refractivity contribution in [2.75, 3.05) is 6.54 Å². The van der Waals surface area contributed by atoms with E-state index in [4.69, 9.17) is 4.42 Å². The normalized spacial score (nSPS) is 14.5. The molecule has 1 fully saturated rings. The zero-order chi connectivity index (χ0) is 16.4. The molecule has 116 valence electrons. The number of carbonyl (C=O) groups is 2. The molecule has 2 aromatic rings. The van der Waals surface area contributed by atoms with E-state index in [1.807, 2.05) is 0 Å². The molecule has 0 unspecified atom stereocenters. The Bertz CT molecular complexity index is 809. The highest BCUT2D eigenvalue weighted by atomic mass is 16.6. The van der Waals surface area contributed by atoms with Gasteiger partial charge in [0.25, 0.3) is 5.69 Å². The maximum Gasteiger partial charge on any atom is 0.329 e. The number of nitro benzene ring substituents is 1. The molecule has 0 spiro atoms. The van der Waals surface area contributed by atoms with E-state index in [1.165, 1.54) is 18.5 Å². The van der Waals surface area contributed by atoms with Gasteiger partial charge < -0.3 is 4.42 Å². The van der Waals surface area contributed by atoms with E-state index in [0.29, 0.717) is 11.3 Å². The quantitative estimate of drug-likeness (QED) is 0.305. The zero-order valence-corrected chi connectivity index (χ0v) is 11.6. The number of amides is 3. The molecule has 1 N–H and O–H groups in total. The number of urea groups is 1. The highest BCUT2D eigenvalue weighted by molar-refractivity contribution is 6.07. The second-order valence-corrected chi connectivity index (χ2v) is 4.67. The Labute approximate surface area is 129 Å². The maximum atomic E-state index is 11.3. The fraction of sp³-hybridized carbons (Fsp3) is 0.0714. The number of hydrogen-bond acceptors (Lipinski definition) is 6. The van der Waals surface area contributed by atoms with Crippen LogP contribution in [0.4, 0.5) is 16.4 Å². The number of hydrogen-bond donors (Lipinski definition) is 1. The number of aliphatic imine (C=N–C) groups is 1. The van der Waals surface area contributed by atoms with Crippen molar-refractivity contribution in [2.24, 2.45) is 4.99 Å². The highest BCUT2D eigenvalue weighted by Crippen LogP contribution is 2.27. The molecule has 2 heterocycles. The second kappa shape index (κ2) is 5.72. The van der Waals surface area contributed by atoms with Gasteiger partial charge in [-0.15, -0.1) is 0 Å². The molecule has 3 amide bonds. The fourth-order valence-corrected chi connectivity index (χ4v) is 1.98. The summed E-state index contributed by atoms with van der Waals surface area (Å²) in [6.45, 7) is -0.0851. The molecule has 1 aromatic heterocycles. The van der Waals surface area contributed by atoms with Crippen molar-refractivity contribution < 1.29 is 18.9 Å². The van der Waals surface area contributed by atoms with Crippen LogP contribution in [-0.4, -0.2) is 34.6 Å². The molecule has 0 bridgehead atoms. The standard InChI is InChI=1S/C14H10N4O5/c19-12-7-17(14(20)16-12)8-15-13-6-5-11(23-13)9-1-3-10(4-2-9)18(21)22/h1-6,8H,7H2,(H,16,19,20). The monoisotopic (exact) mass is 314 g/mol. The van der Waals surface area contributed by atoms with Crippen molar-refractivity contribution in [3.8, 4) is 11.3 Å². The van der Waals surface area contributed by atoms with E-state index >= 15 is 0 Å². The summed E-state index contributed by atoms with van der Waals surface area (Å²) in [5, 5.41) is 12.7. The average molecular weight is 314 g/mol. The molecule has 1 saturated heterocycles. The molecule has 23 heavy (non-hydrogen) atoms. The number of nitrogens with zero attached hydrogens (tertiary/aromatic N) is 3.